The van der Waals surface area contributed by atoms with Crippen molar-refractivity contribution in [1.29, 1.82) is 0 Å². The third-order valence-electron chi connectivity index (χ3n) is 3.10. The maximum atomic E-state index is 11.8. The lowest BCUT2D eigenvalue weighted by Crippen LogP contribution is -2.07. The molecule has 5 nitrogen and oxygen atoms in total. The number of hydrogen-bond acceptors (Lipinski definition) is 5. The first-order valence-electron chi connectivity index (χ1n) is 6.80. The molecule has 1 aromatic heterocycles. The van der Waals surface area contributed by atoms with Crippen LogP contribution in [0.4, 0.5) is 5.13 Å². The number of nitrogens with zero attached hydrogens (tertiary/aromatic N) is 2. The first kappa shape index (κ1) is 13.9. The van der Waals surface area contributed by atoms with Gasteiger partial charge in [-0.25, -0.2) is 0 Å². The molecule has 2 heterocycles. The predicted octanol–water partition coefficient (Wildman–Crippen LogP) is 3.04. The SMILES string of the molecule is O=C(/C=C/c1ccccc1)Nc1nnc([C@@H]2CCCO2)s1. The molecule has 1 N–H and O–H groups in total. The largest absolute Gasteiger partial charge is 0.371 e. The van der Waals surface area contributed by atoms with Crippen LogP contribution >= 0.6 is 11.3 Å². The van der Waals surface area contributed by atoms with Gasteiger partial charge in [0.1, 0.15) is 11.1 Å². The van der Waals surface area contributed by atoms with E-state index in [1.54, 1.807) is 6.08 Å². The van der Waals surface area contributed by atoms with Gasteiger partial charge in [0.05, 0.1) is 0 Å². The molecule has 2 aromatic rings. The van der Waals surface area contributed by atoms with Crippen molar-refractivity contribution in [2.75, 3.05) is 11.9 Å². The van der Waals surface area contributed by atoms with Crippen LogP contribution in [0.3, 0.4) is 0 Å². The topological polar surface area (TPSA) is 64.1 Å². The highest BCUT2D eigenvalue weighted by atomic mass is 32.1. The second-order valence-electron chi connectivity index (χ2n) is 4.68. The molecule has 6 heteroatoms. The Morgan fingerprint density at radius 1 is 1.33 bits per heavy atom. The monoisotopic (exact) mass is 301 g/mol. The number of ether oxygens (including phenoxy) is 1. The van der Waals surface area contributed by atoms with Crippen molar-refractivity contribution in [3.8, 4) is 0 Å². The molecule has 0 radical (unpaired) electrons. The number of carbonyl (C=O) groups is 1. The van der Waals surface area contributed by atoms with Gasteiger partial charge in [0.15, 0.2) is 0 Å². The molecule has 1 atom stereocenters. The number of carbonyl (C=O) groups excluding carboxylic acids is 1. The maximum Gasteiger partial charge on any atom is 0.250 e. The van der Waals surface area contributed by atoms with Gasteiger partial charge in [-0.2, -0.15) is 0 Å². The summed E-state index contributed by atoms with van der Waals surface area (Å²) in [6.45, 7) is 0.770. The first-order chi connectivity index (χ1) is 10.3. The summed E-state index contributed by atoms with van der Waals surface area (Å²) in [5, 5.41) is 12.1. The fourth-order valence-electron chi connectivity index (χ4n) is 2.07. The van der Waals surface area contributed by atoms with Gasteiger partial charge in [0.25, 0.3) is 0 Å². The quantitative estimate of drug-likeness (QED) is 0.882. The maximum absolute atomic E-state index is 11.8. The lowest BCUT2D eigenvalue weighted by molar-refractivity contribution is -0.111. The van der Waals surface area contributed by atoms with Crippen LogP contribution in [0.25, 0.3) is 6.08 Å². The second kappa shape index (κ2) is 6.60. The van der Waals surface area contributed by atoms with E-state index in [2.05, 4.69) is 15.5 Å². The summed E-state index contributed by atoms with van der Waals surface area (Å²) in [5.74, 6) is -0.214. The van der Waals surface area contributed by atoms with E-state index >= 15 is 0 Å². The van der Waals surface area contributed by atoms with Crippen LogP contribution < -0.4 is 5.32 Å². The molecule has 1 aliphatic heterocycles. The predicted molar refractivity (Wildman–Crippen MR) is 81.9 cm³/mol. The smallest absolute Gasteiger partial charge is 0.250 e. The molecule has 3 rings (SSSR count). The number of amides is 1. The molecule has 0 saturated carbocycles. The van der Waals surface area contributed by atoms with Gasteiger partial charge in [0.2, 0.25) is 11.0 Å². The standard InChI is InChI=1S/C15H15N3O2S/c19-13(9-8-11-5-2-1-3-6-11)16-15-18-17-14(21-15)12-7-4-10-20-12/h1-3,5-6,8-9,12H,4,7,10H2,(H,16,18,19)/b9-8+/t12-/m0/s1. The molecule has 0 bridgehead atoms. The van der Waals surface area contributed by atoms with Crippen LogP contribution in [0.5, 0.6) is 0 Å². The van der Waals surface area contributed by atoms with Gasteiger partial charge in [-0.3, -0.25) is 10.1 Å². The minimum absolute atomic E-state index is 0.0352. The van der Waals surface area contributed by atoms with E-state index in [0.717, 1.165) is 30.0 Å². The van der Waals surface area contributed by atoms with Gasteiger partial charge >= 0.3 is 0 Å². The van der Waals surface area contributed by atoms with Crippen LogP contribution in [-0.4, -0.2) is 22.7 Å². The first-order valence-corrected chi connectivity index (χ1v) is 7.62. The van der Waals surface area contributed by atoms with Crippen molar-refractivity contribution in [3.05, 3.63) is 47.0 Å². The lowest BCUT2D eigenvalue weighted by atomic mass is 10.2. The average molecular weight is 301 g/mol. The Kier molecular flexibility index (Phi) is 4.37. The zero-order valence-corrected chi connectivity index (χ0v) is 12.2. The van der Waals surface area contributed by atoms with Gasteiger partial charge in [-0.15, -0.1) is 10.2 Å². The molecule has 21 heavy (non-hydrogen) atoms. The van der Waals surface area contributed by atoms with Crippen LogP contribution in [-0.2, 0) is 9.53 Å². The van der Waals surface area contributed by atoms with Gasteiger partial charge in [-0.05, 0) is 24.5 Å². The molecule has 0 unspecified atom stereocenters. The third kappa shape index (κ3) is 3.74. The summed E-state index contributed by atoms with van der Waals surface area (Å²) < 4.78 is 5.54. The minimum Gasteiger partial charge on any atom is -0.371 e. The summed E-state index contributed by atoms with van der Waals surface area (Å²) >= 11 is 1.37. The number of anilines is 1. The molecule has 1 fully saturated rings. The molecule has 1 aliphatic rings. The molecule has 1 saturated heterocycles. The molecule has 0 aliphatic carbocycles. The van der Waals surface area contributed by atoms with Crippen LogP contribution in [0, 0.1) is 0 Å². The highest BCUT2D eigenvalue weighted by Crippen LogP contribution is 2.31. The van der Waals surface area contributed by atoms with Crippen molar-refractivity contribution in [2.24, 2.45) is 0 Å². The highest BCUT2D eigenvalue weighted by Gasteiger charge is 2.22. The Labute approximate surface area is 126 Å². The molecular weight excluding hydrogens is 286 g/mol. The summed E-state index contributed by atoms with van der Waals surface area (Å²) in [6.07, 6.45) is 5.30. The summed E-state index contributed by atoms with van der Waals surface area (Å²) in [4.78, 5) is 11.8. The van der Waals surface area contributed by atoms with Gasteiger partial charge in [0, 0.05) is 12.7 Å². The fraction of sp³-hybridized carbons (Fsp3) is 0.267. The van der Waals surface area contributed by atoms with Crippen LogP contribution in [0.15, 0.2) is 36.4 Å². The number of hydrogen-bond donors (Lipinski definition) is 1. The zero-order valence-electron chi connectivity index (χ0n) is 11.4. The second-order valence-corrected chi connectivity index (χ2v) is 5.69. The Morgan fingerprint density at radius 2 is 2.19 bits per heavy atom. The number of aromatic nitrogens is 2. The van der Waals surface area contributed by atoms with E-state index < -0.39 is 0 Å². The zero-order chi connectivity index (χ0) is 14.5. The van der Waals surface area contributed by atoms with Crippen molar-refractivity contribution in [3.63, 3.8) is 0 Å². The summed E-state index contributed by atoms with van der Waals surface area (Å²) in [6, 6.07) is 9.66. The lowest BCUT2D eigenvalue weighted by Gasteiger charge is -2.01. The summed E-state index contributed by atoms with van der Waals surface area (Å²) in [5.41, 5.74) is 0.977. The Bertz CT molecular complexity index is 633. The Morgan fingerprint density at radius 3 is 2.95 bits per heavy atom. The Hall–Kier alpha value is -2.05. The van der Waals surface area contributed by atoms with E-state index in [1.807, 2.05) is 30.3 Å². The van der Waals surface area contributed by atoms with Crippen molar-refractivity contribution in [1.82, 2.24) is 10.2 Å². The average Bonchev–Trinajstić information content (AvgIpc) is 3.17. The van der Waals surface area contributed by atoms with Crippen LogP contribution in [0.1, 0.15) is 29.5 Å². The molecular formula is C15H15N3O2S. The van der Waals surface area contributed by atoms with E-state index in [1.165, 1.54) is 17.4 Å². The van der Waals surface area contributed by atoms with E-state index in [9.17, 15) is 4.79 Å². The molecule has 1 aromatic carbocycles. The van der Waals surface area contributed by atoms with Crippen molar-refractivity contribution >= 4 is 28.5 Å². The normalized spacial score (nSPS) is 18.2. The van der Waals surface area contributed by atoms with E-state index in [0.29, 0.717) is 5.13 Å². The Balaban J connectivity index is 1.58. The van der Waals surface area contributed by atoms with E-state index in [4.69, 9.17) is 4.74 Å². The third-order valence-corrected chi connectivity index (χ3v) is 4.03. The van der Waals surface area contributed by atoms with Crippen molar-refractivity contribution in [2.45, 2.75) is 18.9 Å². The molecule has 108 valence electrons. The summed E-state index contributed by atoms with van der Waals surface area (Å²) in [7, 11) is 0. The molecule has 1 amide bonds. The number of nitrogens with one attached hydrogen (secondary N) is 1. The van der Waals surface area contributed by atoms with E-state index in [-0.39, 0.29) is 12.0 Å². The van der Waals surface area contributed by atoms with Crippen molar-refractivity contribution < 1.29 is 9.53 Å². The number of rotatable bonds is 4. The molecule has 0 spiro atoms. The highest BCUT2D eigenvalue weighted by molar-refractivity contribution is 7.15. The van der Waals surface area contributed by atoms with Gasteiger partial charge < -0.3 is 4.74 Å². The fourth-order valence-corrected chi connectivity index (χ4v) is 2.90. The number of benzene rings is 1. The van der Waals surface area contributed by atoms with Crippen LogP contribution in [0.2, 0.25) is 0 Å². The minimum atomic E-state index is -0.214. The van der Waals surface area contributed by atoms with Gasteiger partial charge in [-0.1, -0.05) is 41.7 Å².